The van der Waals surface area contributed by atoms with Crippen LogP contribution in [-0.4, -0.2) is 34.2 Å². The molecule has 0 bridgehead atoms. The van der Waals surface area contributed by atoms with Crippen LogP contribution < -0.4 is 14.4 Å². The van der Waals surface area contributed by atoms with Crippen LogP contribution in [0.25, 0.3) is 0 Å². The molecule has 0 heterocycles. The van der Waals surface area contributed by atoms with Crippen LogP contribution in [0.5, 0.6) is 5.75 Å². The summed E-state index contributed by atoms with van der Waals surface area (Å²) in [5.41, 5.74) is 1.27. The van der Waals surface area contributed by atoms with Crippen LogP contribution in [0.4, 0.5) is 5.69 Å². The number of ether oxygens (including phenoxy) is 1. The van der Waals surface area contributed by atoms with E-state index in [1.807, 2.05) is 31.2 Å². The molecule has 1 atom stereocenters. The number of para-hydroxylation sites is 1. The van der Waals surface area contributed by atoms with Crippen molar-refractivity contribution in [3.8, 4) is 5.75 Å². The number of methoxy groups -OCH3 is 1. The van der Waals surface area contributed by atoms with Crippen molar-refractivity contribution in [1.29, 1.82) is 0 Å². The number of rotatable bonds is 7. The highest BCUT2D eigenvalue weighted by molar-refractivity contribution is 14.1. The van der Waals surface area contributed by atoms with Crippen molar-refractivity contribution in [2.24, 2.45) is 0 Å². The highest BCUT2D eigenvalue weighted by atomic mass is 127. The average molecular weight is 488 g/mol. The van der Waals surface area contributed by atoms with Gasteiger partial charge in [-0.3, -0.25) is 9.10 Å². The number of halogens is 1. The van der Waals surface area contributed by atoms with Gasteiger partial charge in [0.1, 0.15) is 12.3 Å². The summed E-state index contributed by atoms with van der Waals surface area (Å²) in [6.45, 7) is 1.53. The smallest absolute Gasteiger partial charge is 0.241 e. The molecule has 2 aromatic rings. The first kappa shape index (κ1) is 20.5. The highest BCUT2D eigenvalue weighted by Crippen LogP contribution is 2.24. The molecule has 8 heteroatoms. The molecule has 1 unspecified atom stereocenters. The van der Waals surface area contributed by atoms with Crippen molar-refractivity contribution in [2.45, 2.75) is 13.0 Å². The maximum Gasteiger partial charge on any atom is 0.241 e. The van der Waals surface area contributed by atoms with Gasteiger partial charge in [-0.25, -0.2) is 8.42 Å². The number of nitrogens with zero attached hydrogens (tertiary/aromatic N) is 1. The fourth-order valence-electron chi connectivity index (χ4n) is 2.53. The van der Waals surface area contributed by atoms with Gasteiger partial charge in [-0.2, -0.15) is 0 Å². The van der Waals surface area contributed by atoms with E-state index in [4.69, 9.17) is 4.74 Å². The molecule has 140 valence electrons. The number of carbonyl (C=O) groups is 1. The fourth-order valence-corrected chi connectivity index (χ4v) is 3.74. The quantitative estimate of drug-likeness (QED) is 0.609. The Balaban J connectivity index is 2.16. The van der Waals surface area contributed by atoms with Crippen LogP contribution >= 0.6 is 22.6 Å². The lowest BCUT2D eigenvalue weighted by Gasteiger charge is -2.23. The SMILES string of the molecule is COc1ccccc1C(C)NC(=O)CN(c1ccc(I)cc1)S(C)(=O)=O. The number of carbonyl (C=O) groups excluding carboxylic acids is 1. The Labute approximate surface area is 167 Å². The van der Waals surface area contributed by atoms with Gasteiger partial charge in [0.25, 0.3) is 0 Å². The summed E-state index contributed by atoms with van der Waals surface area (Å²) in [6.07, 6.45) is 1.09. The molecule has 1 N–H and O–H groups in total. The molecule has 2 aromatic carbocycles. The Morgan fingerprint density at radius 1 is 1.19 bits per heavy atom. The van der Waals surface area contributed by atoms with E-state index in [0.717, 1.165) is 19.7 Å². The molecular weight excluding hydrogens is 467 g/mol. The van der Waals surface area contributed by atoms with Crippen LogP contribution in [0, 0.1) is 3.57 Å². The Morgan fingerprint density at radius 3 is 2.38 bits per heavy atom. The second-order valence-electron chi connectivity index (χ2n) is 5.78. The van der Waals surface area contributed by atoms with Crippen LogP contribution in [0.1, 0.15) is 18.5 Å². The molecule has 0 aliphatic heterocycles. The number of amides is 1. The lowest BCUT2D eigenvalue weighted by atomic mass is 10.1. The normalized spacial score (nSPS) is 12.3. The Kier molecular flexibility index (Phi) is 6.87. The first-order chi connectivity index (χ1) is 12.2. The van der Waals surface area contributed by atoms with Gasteiger partial charge in [0, 0.05) is 9.13 Å². The van der Waals surface area contributed by atoms with E-state index < -0.39 is 15.9 Å². The Morgan fingerprint density at radius 2 is 1.81 bits per heavy atom. The van der Waals surface area contributed by atoms with E-state index in [1.165, 1.54) is 0 Å². The van der Waals surface area contributed by atoms with Crippen molar-refractivity contribution in [1.82, 2.24) is 5.32 Å². The van der Waals surface area contributed by atoms with E-state index >= 15 is 0 Å². The van der Waals surface area contributed by atoms with E-state index in [1.54, 1.807) is 31.4 Å². The van der Waals surface area contributed by atoms with Crippen LogP contribution in [-0.2, 0) is 14.8 Å². The third-order valence-electron chi connectivity index (χ3n) is 3.79. The monoisotopic (exact) mass is 488 g/mol. The number of benzene rings is 2. The first-order valence-electron chi connectivity index (χ1n) is 7.88. The van der Waals surface area contributed by atoms with Crippen molar-refractivity contribution in [3.05, 3.63) is 57.7 Å². The van der Waals surface area contributed by atoms with Crippen LogP contribution in [0.15, 0.2) is 48.5 Å². The molecule has 0 radical (unpaired) electrons. The number of sulfonamides is 1. The molecule has 0 saturated carbocycles. The molecule has 26 heavy (non-hydrogen) atoms. The van der Waals surface area contributed by atoms with E-state index in [9.17, 15) is 13.2 Å². The maximum atomic E-state index is 12.5. The molecule has 0 aromatic heterocycles. The zero-order chi connectivity index (χ0) is 19.3. The lowest BCUT2D eigenvalue weighted by Crippen LogP contribution is -2.41. The van der Waals surface area contributed by atoms with Gasteiger partial charge < -0.3 is 10.1 Å². The van der Waals surface area contributed by atoms with Gasteiger partial charge >= 0.3 is 0 Å². The molecule has 1 amide bonds. The molecule has 0 aliphatic carbocycles. The van der Waals surface area contributed by atoms with Gasteiger partial charge in [-0.15, -0.1) is 0 Å². The summed E-state index contributed by atoms with van der Waals surface area (Å²) < 4.78 is 31.6. The Bertz CT molecular complexity index is 869. The third-order valence-corrected chi connectivity index (χ3v) is 5.64. The molecule has 0 saturated heterocycles. The zero-order valence-corrected chi connectivity index (χ0v) is 17.7. The maximum absolute atomic E-state index is 12.5. The van der Waals surface area contributed by atoms with Crippen molar-refractivity contribution in [2.75, 3.05) is 24.2 Å². The second-order valence-corrected chi connectivity index (χ2v) is 8.93. The van der Waals surface area contributed by atoms with Crippen LogP contribution in [0.2, 0.25) is 0 Å². The average Bonchev–Trinajstić information content (AvgIpc) is 2.59. The predicted molar refractivity (Wildman–Crippen MR) is 111 cm³/mol. The van der Waals surface area contributed by atoms with Gasteiger partial charge in [0.15, 0.2) is 0 Å². The molecule has 6 nitrogen and oxygen atoms in total. The summed E-state index contributed by atoms with van der Waals surface area (Å²) in [6, 6.07) is 14.0. The minimum absolute atomic E-state index is 0.293. The third kappa shape index (κ3) is 5.34. The number of hydrogen-bond donors (Lipinski definition) is 1. The van der Waals surface area contributed by atoms with E-state index in [2.05, 4.69) is 27.9 Å². The predicted octanol–water partition coefficient (Wildman–Crippen LogP) is 2.94. The zero-order valence-electron chi connectivity index (χ0n) is 14.8. The fraction of sp³-hybridized carbons (Fsp3) is 0.278. The molecule has 2 rings (SSSR count). The van der Waals surface area contributed by atoms with Gasteiger partial charge in [0.2, 0.25) is 15.9 Å². The molecule has 0 spiro atoms. The van der Waals surface area contributed by atoms with Crippen molar-refractivity contribution in [3.63, 3.8) is 0 Å². The minimum Gasteiger partial charge on any atom is -0.496 e. The van der Waals surface area contributed by atoms with Crippen LogP contribution in [0.3, 0.4) is 0 Å². The molecule has 0 fully saturated rings. The highest BCUT2D eigenvalue weighted by Gasteiger charge is 2.22. The summed E-state index contributed by atoms with van der Waals surface area (Å²) in [7, 11) is -2.03. The topological polar surface area (TPSA) is 75.7 Å². The van der Waals surface area contributed by atoms with Gasteiger partial charge in [0.05, 0.1) is 25.1 Å². The number of anilines is 1. The number of nitrogens with one attached hydrogen (secondary N) is 1. The summed E-state index contributed by atoms with van der Waals surface area (Å²) >= 11 is 2.14. The van der Waals surface area contributed by atoms with E-state index in [0.29, 0.717) is 11.4 Å². The van der Waals surface area contributed by atoms with E-state index in [-0.39, 0.29) is 12.6 Å². The molecular formula is C18H21IN2O4S. The van der Waals surface area contributed by atoms with Crippen molar-refractivity contribution >= 4 is 44.2 Å². The minimum atomic E-state index is -3.59. The summed E-state index contributed by atoms with van der Waals surface area (Å²) in [5, 5.41) is 2.83. The summed E-state index contributed by atoms with van der Waals surface area (Å²) in [5.74, 6) is 0.269. The Hall–Kier alpha value is -1.81. The standard InChI is InChI=1S/C18H21IN2O4S/c1-13(16-6-4-5-7-17(16)25-2)20-18(22)12-21(26(3,23)24)15-10-8-14(19)9-11-15/h4-11,13H,12H2,1-3H3,(H,20,22). The first-order valence-corrected chi connectivity index (χ1v) is 10.8. The van der Waals surface area contributed by atoms with Crippen molar-refractivity contribution < 1.29 is 17.9 Å². The van der Waals surface area contributed by atoms with Gasteiger partial charge in [-0.1, -0.05) is 18.2 Å². The van der Waals surface area contributed by atoms with Gasteiger partial charge in [-0.05, 0) is 59.8 Å². The summed E-state index contributed by atoms with van der Waals surface area (Å²) in [4.78, 5) is 12.5. The number of hydrogen-bond acceptors (Lipinski definition) is 4. The lowest BCUT2D eigenvalue weighted by molar-refractivity contribution is -0.120. The molecule has 0 aliphatic rings. The largest absolute Gasteiger partial charge is 0.496 e. The second kappa shape index (κ2) is 8.72.